The largest absolute Gasteiger partial charge is 0.384 e. The highest BCUT2D eigenvalue weighted by Crippen LogP contribution is 2.29. The van der Waals surface area contributed by atoms with E-state index in [2.05, 4.69) is 57.9 Å². The molecule has 0 radical (unpaired) electrons. The van der Waals surface area contributed by atoms with Crippen LogP contribution in [0.25, 0.3) is 0 Å². The smallest absolute Gasteiger partial charge is 0.195 e. The number of anilines is 1. The first kappa shape index (κ1) is 12.4. The maximum absolute atomic E-state index is 5.68. The van der Waals surface area contributed by atoms with Gasteiger partial charge in [-0.25, -0.2) is 9.97 Å². The summed E-state index contributed by atoms with van der Waals surface area (Å²) in [6, 6.07) is 7.99. The lowest BCUT2D eigenvalue weighted by Crippen LogP contribution is -1.95. The van der Waals surface area contributed by atoms with E-state index < -0.39 is 0 Å². The minimum atomic E-state index is 0.471. The number of benzene rings is 1. The van der Waals surface area contributed by atoms with Gasteiger partial charge in [0.05, 0.1) is 0 Å². The van der Waals surface area contributed by atoms with Crippen molar-refractivity contribution in [1.29, 1.82) is 0 Å². The first-order valence-corrected chi connectivity index (χ1v) is 6.71. The summed E-state index contributed by atoms with van der Waals surface area (Å²) in [4.78, 5) is 9.62. The summed E-state index contributed by atoms with van der Waals surface area (Å²) in [6.45, 7) is 4.16. The van der Waals surface area contributed by atoms with E-state index in [0.29, 0.717) is 15.6 Å². The number of hydrogen-bond acceptors (Lipinski definition) is 4. The SMILES string of the molecule is Cc1ccc(Sc2nc(N)cc(Br)n2)c(C)c1. The molecular formula is C12H12BrN3S. The van der Waals surface area contributed by atoms with Gasteiger partial charge in [-0.15, -0.1) is 0 Å². The molecule has 1 aromatic carbocycles. The summed E-state index contributed by atoms with van der Waals surface area (Å²) >= 11 is 4.83. The Hall–Kier alpha value is -1.07. The van der Waals surface area contributed by atoms with Crippen LogP contribution in [0.15, 0.2) is 38.9 Å². The molecule has 17 heavy (non-hydrogen) atoms. The molecule has 0 atom stereocenters. The Morgan fingerprint density at radius 2 is 1.94 bits per heavy atom. The van der Waals surface area contributed by atoms with Gasteiger partial charge in [-0.3, -0.25) is 0 Å². The normalized spacial score (nSPS) is 10.5. The van der Waals surface area contributed by atoms with Crippen LogP contribution in [0, 0.1) is 13.8 Å². The molecule has 88 valence electrons. The Labute approximate surface area is 113 Å². The molecule has 0 saturated heterocycles. The number of rotatable bonds is 2. The van der Waals surface area contributed by atoms with E-state index in [1.165, 1.54) is 22.9 Å². The summed E-state index contributed by atoms with van der Waals surface area (Å²) in [7, 11) is 0. The van der Waals surface area contributed by atoms with Crippen molar-refractivity contribution in [2.45, 2.75) is 23.9 Å². The van der Waals surface area contributed by atoms with Crippen LogP contribution in [-0.4, -0.2) is 9.97 Å². The first-order valence-electron chi connectivity index (χ1n) is 5.10. The molecule has 2 N–H and O–H groups in total. The molecule has 0 fully saturated rings. The molecule has 0 aliphatic rings. The number of aromatic nitrogens is 2. The highest BCUT2D eigenvalue weighted by Gasteiger charge is 2.06. The van der Waals surface area contributed by atoms with Crippen molar-refractivity contribution < 1.29 is 0 Å². The zero-order valence-electron chi connectivity index (χ0n) is 9.57. The number of hydrogen-bond donors (Lipinski definition) is 1. The van der Waals surface area contributed by atoms with Gasteiger partial charge in [-0.05, 0) is 53.2 Å². The summed E-state index contributed by atoms with van der Waals surface area (Å²) in [5.74, 6) is 0.471. The van der Waals surface area contributed by atoms with Crippen LogP contribution in [0.3, 0.4) is 0 Å². The third-order valence-electron chi connectivity index (χ3n) is 2.23. The van der Waals surface area contributed by atoms with E-state index >= 15 is 0 Å². The monoisotopic (exact) mass is 309 g/mol. The molecule has 1 heterocycles. The molecule has 0 spiro atoms. The molecule has 3 nitrogen and oxygen atoms in total. The van der Waals surface area contributed by atoms with Crippen LogP contribution in [0.1, 0.15) is 11.1 Å². The lowest BCUT2D eigenvalue weighted by molar-refractivity contribution is 0.956. The van der Waals surface area contributed by atoms with E-state index in [9.17, 15) is 0 Å². The zero-order valence-corrected chi connectivity index (χ0v) is 12.0. The fourth-order valence-electron chi connectivity index (χ4n) is 1.47. The van der Waals surface area contributed by atoms with Crippen LogP contribution in [0.5, 0.6) is 0 Å². The van der Waals surface area contributed by atoms with Crippen molar-refractivity contribution in [1.82, 2.24) is 9.97 Å². The molecule has 0 amide bonds. The molecule has 2 rings (SSSR count). The van der Waals surface area contributed by atoms with Gasteiger partial charge in [-0.2, -0.15) is 0 Å². The van der Waals surface area contributed by atoms with Crippen molar-refractivity contribution >= 4 is 33.5 Å². The number of aryl methyl sites for hydroxylation is 2. The molecule has 0 aliphatic heterocycles. The topological polar surface area (TPSA) is 51.8 Å². The summed E-state index contributed by atoms with van der Waals surface area (Å²) in [5.41, 5.74) is 8.15. The van der Waals surface area contributed by atoms with E-state index in [4.69, 9.17) is 5.73 Å². The lowest BCUT2D eigenvalue weighted by Gasteiger charge is -2.06. The quantitative estimate of drug-likeness (QED) is 0.680. The summed E-state index contributed by atoms with van der Waals surface area (Å²) < 4.78 is 0.706. The number of nitrogens with two attached hydrogens (primary N) is 1. The first-order chi connectivity index (χ1) is 8.04. The van der Waals surface area contributed by atoms with Gasteiger partial charge in [0.15, 0.2) is 5.16 Å². The maximum Gasteiger partial charge on any atom is 0.195 e. The van der Waals surface area contributed by atoms with E-state index in [-0.39, 0.29) is 0 Å². The van der Waals surface area contributed by atoms with Crippen molar-refractivity contribution in [2.24, 2.45) is 0 Å². The van der Waals surface area contributed by atoms with E-state index in [1.54, 1.807) is 6.07 Å². The second-order valence-electron chi connectivity index (χ2n) is 3.77. The van der Waals surface area contributed by atoms with Crippen LogP contribution in [-0.2, 0) is 0 Å². The number of halogens is 1. The fourth-order valence-corrected chi connectivity index (χ4v) is 2.84. The number of nitrogens with zero attached hydrogens (tertiary/aromatic N) is 2. The van der Waals surface area contributed by atoms with Crippen LogP contribution >= 0.6 is 27.7 Å². The maximum atomic E-state index is 5.68. The van der Waals surface area contributed by atoms with Gasteiger partial charge in [0.25, 0.3) is 0 Å². The van der Waals surface area contributed by atoms with Crippen LogP contribution < -0.4 is 5.73 Å². The van der Waals surface area contributed by atoms with Crippen LogP contribution in [0.4, 0.5) is 5.82 Å². The highest BCUT2D eigenvalue weighted by atomic mass is 79.9. The van der Waals surface area contributed by atoms with Gasteiger partial charge >= 0.3 is 0 Å². The Balaban J connectivity index is 2.31. The lowest BCUT2D eigenvalue weighted by atomic mass is 10.2. The van der Waals surface area contributed by atoms with Crippen molar-refractivity contribution in [3.63, 3.8) is 0 Å². The molecule has 2 aromatic rings. The predicted molar refractivity (Wildman–Crippen MR) is 74.2 cm³/mol. The third kappa shape index (κ3) is 3.20. The molecule has 1 aromatic heterocycles. The average molecular weight is 310 g/mol. The summed E-state index contributed by atoms with van der Waals surface area (Å²) in [6.07, 6.45) is 0. The van der Waals surface area contributed by atoms with Gasteiger partial charge in [0, 0.05) is 11.0 Å². The van der Waals surface area contributed by atoms with Gasteiger partial charge < -0.3 is 5.73 Å². The predicted octanol–water partition coefficient (Wildman–Crippen LogP) is 3.59. The molecular weight excluding hydrogens is 298 g/mol. The Kier molecular flexibility index (Phi) is 3.69. The van der Waals surface area contributed by atoms with Gasteiger partial charge in [0.1, 0.15) is 10.4 Å². The van der Waals surface area contributed by atoms with Crippen molar-refractivity contribution in [3.05, 3.63) is 40.0 Å². The molecule has 5 heteroatoms. The van der Waals surface area contributed by atoms with Gasteiger partial charge in [-0.1, -0.05) is 17.7 Å². The Bertz CT molecular complexity index is 537. The van der Waals surface area contributed by atoms with Crippen molar-refractivity contribution in [2.75, 3.05) is 5.73 Å². The fraction of sp³-hybridized carbons (Fsp3) is 0.167. The summed E-state index contributed by atoms with van der Waals surface area (Å²) in [5, 5.41) is 0.656. The molecule has 0 aliphatic carbocycles. The minimum Gasteiger partial charge on any atom is -0.384 e. The standard InChI is InChI=1S/C12H12BrN3S/c1-7-3-4-9(8(2)5-7)17-12-15-10(13)6-11(14)16-12/h3-6H,1-2H3,(H2,14,15,16). The van der Waals surface area contributed by atoms with Crippen molar-refractivity contribution in [3.8, 4) is 0 Å². The second-order valence-corrected chi connectivity index (χ2v) is 5.59. The highest BCUT2D eigenvalue weighted by molar-refractivity contribution is 9.10. The third-order valence-corrected chi connectivity index (χ3v) is 3.68. The minimum absolute atomic E-state index is 0.471. The van der Waals surface area contributed by atoms with Crippen LogP contribution in [0.2, 0.25) is 0 Å². The van der Waals surface area contributed by atoms with E-state index in [1.807, 2.05) is 0 Å². The molecule has 0 bridgehead atoms. The Morgan fingerprint density at radius 1 is 1.18 bits per heavy atom. The van der Waals surface area contributed by atoms with E-state index in [0.717, 1.165) is 4.90 Å². The number of nitrogen functional groups attached to an aromatic ring is 1. The molecule has 0 saturated carbocycles. The molecule has 0 unspecified atom stereocenters. The average Bonchev–Trinajstić information content (AvgIpc) is 2.21. The second kappa shape index (κ2) is 5.06. The van der Waals surface area contributed by atoms with Gasteiger partial charge in [0.2, 0.25) is 0 Å². The Morgan fingerprint density at radius 3 is 2.59 bits per heavy atom. The zero-order chi connectivity index (χ0) is 12.4.